The molecule has 2 rings (SSSR count). The predicted molar refractivity (Wildman–Crippen MR) is 119 cm³/mol. The summed E-state index contributed by atoms with van der Waals surface area (Å²) in [6.07, 6.45) is 1.00. The third-order valence-electron chi connectivity index (χ3n) is 4.50. The number of halogens is 2. The van der Waals surface area contributed by atoms with Gasteiger partial charge < -0.3 is 14.8 Å². The molecule has 164 valence electrons. The van der Waals surface area contributed by atoms with E-state index in [1.165, 1.54) is 39.3 Å². The second-order valence-corrected chi connectivity index (χ2v) is 9.37. The van der Waals surface area contributed by atoms with Crippen LogP contribution in [0.4, 0.5) is 5.69 Å². The van der Waals surface area contributed by atoms with Crippen LogP contribution in [-0.4, -0.2) is 40.8 Å². The molecule has 2 atom stereocenters. The number of ether oxygens (including phenoxy) is 2. The van der Waals surface area contributed by atoms with Crippen LogP contribution in [0.25, 0.3) is 0 Å². The summed E-state index contributed by atoms with van der Waals surface area (Å²) in [4.78, 5) is 13.0. The highest BCUT2D eigenvalue weighted by Gasteiger charge is 2.31. The first-order chi connectivity index (χ1) is 14.0. The molecule has 2 aromatic carbocycles. The zero-order valence-electron chi connectivity index (χ0n) is 17.3. The van der Waals surface area contributed by atoms with Crippen LogP contribution < -0.4 is 19.1 Å². The van der Waals surface area contributed by atoms with Crippen molar-refractivity contribution in [3.63, 3.8) is 0 Å². The minimum Gasteiger partial charge on any atom is -0.497 e. The largest absolute Gasteiger partial charge is 0.497 e. The maximum Gasteiger partial charge on any atom is 0.244 e. The number of hydrogen-bond acceptors (Lipinski definition) is 5. The van der Waals surface area contributed by atoms with E-state index in [2.05, 4.69) is 5.32 Å². The van der Waals surface area contributed by atoms with Gasteiger partial charge in [0.2, 0.25) is 15.9 Å². The normalized spacial score (nSPS) is 13.3. The van der Waals surface area contributed by atoms with Crippen LogP contribution in [0.3, 0.4) is 0 Å². The van der Waals surface area contributed by atoms with Gasteiger partial charge >= 0.3 is 0 Å². The number of nitrogens with one attached hydrogen (secondary N) is 1. The fourth-order valence-electron chi connectivity index (χ4n) is 3.03. The maximum absolute atomic E-state index is 13.0. The van der Waals surface area contributed by atoms with Crippen LogP contribution in [0.2, 0.25) is 10.0 Å². The molecule has 2 unspecified atom stereocenters. The van der Waals surface area contributed by atoms with E-state index in [4.69, 9.17) is 32.7 Å². The molecule has 0 aliphatic rings. The number of amides is 1. The first-order valence-corrected chi connectivity index (χ1v) is 11.6. The predicted octanol–water partition coefficient (Wildman–Crippen LogP) is 4.04. The first kappa shape index (κ1) is 24.1. The molecular formula is C20H24Cl2N2O5S. The van der Waals surface area contributed by atoms with Crippen molar-refractivity contribution < 1.29 is 22.7 Å². The smallest absolute Gasteiger partial charge is 0.244 e. The van der Waals surface area contributed by atoms with Crippen molar-refractivity contribution in [3.05, 3.63) is 52.0 Å². The Morgan fingerprint density at radius 3 is 2.30 bits per heavy atom. The summed E-state index contributed by atoms with van der Waals surface area (Å²) < 4.78 is 36.5. The van der Waals surface area contributed by atoms with Crippen LogP contribution in [0.1, 0.15) is 25.5 Å². The van der Waals surface area contributed by atoms with Crippen molar-refractivity contribution in [2.24, 2.45) is 0 Å². The van der Waals surface area contributed by atoms with Gasteiger partial charge in [0.1, 0.15) is 17.5 Å². The zero-order valence-corrected chi connectivity index (χ0v) is 19.6. The molecule has 1 N–H and O–H groups in total. The van der Waals surface area contributed by atoms with Crippen LogP contribution in [0.15, 0.2) is 36.4 Å². The Morgan fingerprint density at radius 2 is 1.73 bits per heavy atom. The molecule has 0 saturated heterocycles. The van der Waals surface area contributed by atoms with Crippen molar-refractivity contribution in [1.82, 2.24) is 5.32 Å². The molecule has 0 fully saturated rings. The lowest BCUT2D eigenvalue weighted by Crippen LogP contribution is -2.48. The summed E-state index contributed by atoms with van der Waals surface area (Å²) in [6, 6.07) is 8.07. The van der Waals surface area contributed by atoms with Gasteiger partial charge in [0, 0.05) is 10.6 Å². The second kappa shape index (κ2) is 9.76. The molecule has 0 aliphatic carbocycles. The Labute approximate surface area is 186 Å². The molecule has 10 heteroatoms. The molecule has 0 heterocycles. The Kier molecular flexibility index (Phi) is 7.85. The maximum atomic E-state index is 13.0. The van der Waals surface area contributed by atoms with Gasteiger partial charge in [-0.3, -0.25) is 9.10 Å². The van der Waals surface area contributed by atoms with Gasteiger partial charge in [-0.1, -0.05) is 23.2 Å². The highest BCUT2D eigenvalue weighted by atomic mass is 35.5. The molecule has 0 aromatic heterocycles. The number of carbonyl (C=O) groups is 1. The summed E-state index contributed by atoms with van der Waals surface area (Å²) >= 11 is 12.2. The van der Waals surface area contributed by atoms with Gasteiger partial charge in [-0.15, -0.1) is 0 Å². The molecular weight excluding hydrogens is 451 g/mol. The van der Waals surface area contributed by atoms with E-state index in [0.29, 0.717) is 22.1 Å². The van der Waals surface area contributed by atoms with Gasteiger partial charge in [0.25, 0.3) is 0 Å². The fourth-order valence-corrected chi connectivity index (χ4v) is 4.63. The topological polar surface area (TPSA) is 84.9 Å². The Balaban J connectivity index is 2.35. The first-order valence-electron chi connectivity index (χ1n) is 8.96. The zero-order chi connectivity index (χ0) is 22.6. The molecule has 30 heavy (non-hydrogen) atoms. The number of anilines is 1. The van der Waals surface area contributed by atoms with Gasteiger partial charge in [-0.25, -0.2) is 8.42 Å². The van der Waals surface area contributed by atoms with Gasteiger partial charge in [-0.2, -0.15) is 0 Å². The monoisotopic (exact) mass is 474 g/mol. The quantitative estimate of drug-likeness (QED) is 0.623. The minimum atomic E-state index is -3.84. The summed E-state index contributed by atoms with van der Waals surface area (Å²) in [5, 5.41) is 3.28. The van der Waals surface area contributed by atoms with Crippen molar-refractivity contribution in [2.45, 2.75) is 25.9 Å². The van der Waals surface area contributed by atoms with Crippen molar-refractivity contribution in [3.8, 4) is 11.5 Å². The van der Waals surface area contributed by atoms with Crippen molar-refractivity contribution >= 4 is 44.8 Å². The SMILES string of the molecule is COc1ccc(OC)c(C(C)NC(=O)C(C)N(c2cc(Cl)ccc2Cl)S(C)(=O)=O)c1. The highest BCUT2D eigenvalue weighted by molar-refractivity contribution is 7.92. The number of rotatable bonds is 8. The molecule has 7 nitrogen and oxygen atoms in total. The lowest BCUT2D eigenvalue weighted by molar-refractivity contribution is -0.122. The van der Waals surface area contributed by atoms with Gasteiger partial charge in [0.05, 0.1) is 37.2 Å². The van der Waals surface area contributed by atoms with E-state index in [1.54, 1.807) is 25.1 Å². The lowest BCUT2D eigenvalue weighted by Gasteiger charge is -2.30. The molecule has 0 spiro atoms. The summed E-state index contributed by atoms with van der Waals surface area (Å²) in [7, 11) is -0.781. The molecule has 2 aromatic rings. The van der Waals surface area contributed by atoms with Gasteiger partial charge in [-0.05, 0) is 50.2 Å². The Hall–Kier alpha value is -2.16. The van der Waals surface area contributed by atoms with Crippen molar-refractivity contribution in [2.75, 3.05) is 24.8 Å². The number of sulfonamides is 1. The van der Waals surface area contributed by atoms with E-state index >= 15 is 0 Å². The molecule has 1 amide bonds. The Morgan fingerprint density at radius 1 is 1.07 bits per heavy atom. The average molecular weight is 475 g/mol. The lowest BCUT2D eigenvalue weighted by atomic mass is 10.1. The van der Waals surface area contributed by atoms with Crippen LogP contribution in [0, 0.1) is 0 Å². The van der Waals surface area contributed by atoms with Gasteiger partial charge in [0.15, 0.2) is 0 Å². The summed E-state index contributed by atoms with van der Waals surface area (Å²) in [5.74, 6) is 0.645. The molecule has 0 radical (unpaired) electrons. The minimum absolute atomic E-state index is 0.126. The summed E-state index contributed by atoms with van der Waals surface area (Å²) in [6.45, 7) is 3.24. The third kappa shape index (κ3) is 5.50. The molecule has 0 aliphatic heterocycles. The van der Waals surface area contributed by atoms with Crippen LogP contribution in [-0.2, 0) is 14.8 Å². The highest BCUT2D eigenvalue weighted by Crippen LogP contribution is 2.33. The van der Waals surface area contributed by atoms with E-state index in [-0.39, 0.29) is 10.7 Å². The third-order valence-corrected chi connectivity index (χ3v) is 6.28. The second-order valence-electron chi connectivity index (χ2n) is 6.67. The number of nitrogens with zero attached hydrogens (tertiary/aromatic N) is 1. The van der Waals surface area contributed by atoms with E-state index < -0.39 is 28.0 Å². The number of carbonyl (C=O) groups excluding carboxylic acids is 1. The fraction of sp³-hybridized carbons (Fsp3) is 0.350. The average Bonchev–Trinajstić information content (AvgIpc) is 2.68. The van der Waals surface area contributed by atoms with Crippen LogP contribution in [0.5, 0.6) is 11.5 Å². The number of hydrogen-bond donors (Lipinski definition) is 1. The number of benzene rings is 2. The standard InChI is InChI=1S/C20H24Cl2N2O5S/c1-12(16-11-15(28-3)7-9-19(16)29-4)23-20(25)13(2)24(30(5,26)27)18-10-14(21)6-8-17(18)22/h6-13H,1-5H3,(H,23,25). The molecule has 0 bridgehead atoms. The van der Waals surface area contributed by atoms with E-state index in [0.717, 1.165) is 10.6 Å². The Bertz CT molecular complexity index is 1030. The van der Waals surface area contributed by atoms with Crippen LogP contribution >= 0.6 is 23.2 Å². The number of methoxy groups -OCH3 is 2. The van der Waals surface area contributed by atoms with E-state index in [9.17, 15) is 13.2 Å². The van der Waals surface area contributed by atoms with E-state index in [1.807, 2.05) is 0 Å². The molecule has 0 saturated carbocycles. The van der Waals surface area contributed by atoms with Crippen molar-refractivity contribution in [1.29, 1.82) is 0 Å². The summed E-state index contributed by atoms with van der Waals surface area (Å²) in [5.41, 5.74) is 0.810.